The van der Waals surface area contributed by atoms with Crippen LogP contribution in [0.5, 0.6) is 0 Å². The third-order valence-corrected chi connectivity index (χ3v) is 0.572. The van der Waals surface area contributed by atoms with Crippen LogP contribution in [-0.2, 0) is 4.74 Å². The van der Waals surface area contributed by atoms with Crippen LogP contribution in [0, 0.1) is 0 Å². The summed E-state index contributed by atoms with van der Waals surface area (Å²) in [5.74, 6) is 0. The highest BCUT2D eigenvalue weighted by Gasteiger charge is 2.60. The van der Waals surface area contributed by atoms with Crippen molar-refractivity contribution in [1.29, 1.82) is 0 Å². The van der Waals surface area contributed by atoms with Crippen LogP contribution in [0.2, 0.25) is 0 Å². The van der Waals surface area contributed by atoms with Crippen molar-refractivity contribution >= 4 is 6.16 Å². The lowest BCUT2D eigenvalue weighted by atomic mass is 10.6. The Bertz CT molecular complexity index is 161. The standard InChI is InChI=1S/C3H2F4O4/c4-2(5,6)3(7,10)11-1(8)9/h10H,(H,8,9). The smallest absolute Gasteiger partial charge is 0.450 e. The third-order valence-electron chi connectivity index (χ3n) is 0.572. The van der Waals surface area contributed by atoms with Crippen LogP contribution >= 0.6 is 0 Å². The molecule has 0 aromatic carbocycles. The number of ether oxygens (including phenoxy) is 1. The molecule has 0 aliphatic carbocycles. The fraction of sp³-hybridized carbons (Fsp3) is 0.667. The van der Waals surface area contributed by atoms with E-state index in [4.69, 9.17) is 10.2 Å². The van der Waals surface area contributed by atoms with Crippen molar-refractivity contribution in [2.24, 2.45) is 0 Å². The normalized spacial score (nSPS) is 17.2. The van der Waals surface area contributed by atoms with Gasteiger partial charge in [-0.3, -0.25) is 0 Å². The molecule has 0 aromatic rings. The van der Waals surface area contributed by atoms with Gasteiger partial charge in [-0.25, -0.2) is 4.79 Å². The van der Waals surface area contributed by atoms with Gasteiger partial charge in [-0.2, -0.15) is 17.6 Å². The molecule has 0 bridgehead atoms. The van der Waals surface area contributed by atoms with Crippen molar-refractivity contribution in [1.82, 2.24) is 0 Å². The van der Waals surface area contributed by atoms with Crippen LogP contribution in [0.1, 0.15) is 0 Å². The van der Waals surface area contributed by atoms with E-state index in [1.54, 1.807) is 0 Å². The van der Waals surface area contributed by atoms with Crippen molar-refractivity contribution in [3.8, 4) is 0 Å². The van der Waals surface area contributed by atoms with E-state index in [-0.39, 0.29) is 0 Å². The molecule has 4 nitrogen and oxygen atoms in total. The highest BCUT2D eigenvalue weighted by atomic mass is 19.4. The number of hydrogen-bond donors (Lipinski definition) is 2. The van der Waals surface area contributed by atoms with Gasteiger partial charge in [-0.05, 0) is 0 Å². The maximum atomic E-state index is 11.7. The summed E-state index contributed by atoms with van der Waals surface area (Å²) in [6, 6.07) is -5.14. The number of hydrogen-bond acceptors (Lipinski definition) is 3. The van der Waals surface area contributed by atoms with Crippen LogP contribution < -0.4 is 0 Å². The molecule has 2 N–H and O–H groups in total. The van der Waals surface area contributed by atoms with Crippen LogP contribution in [0.4, 0.5) is 22.4 Å². The third kappa shape index (κ3) is 2.58. The average molecular weight is 178 g/mol. The number of carbonyl (C=O) groups is 1. The van der Waals surface area contributed by atoms with E-state index in [2.05, 4.69) is 4.74 Å². The molecule has 1 unspecified atom stereocenters. The molecule has 0 saturated heterocycles. The molecule has 0 radical (unpaired) electrons. The number of alkyl halides is 4. The fourth-order valence-electron chi connectivity index (χ4n) is 0.174. The molecule has 0 rings (SSSR count). The van der Waals surface area contributed by atoms with Crippen LogP contribution in [0.25, 0.3) is 0 Å². The second kappa shape index (κ2) is 2.53. The van der Waals surface area contributed by atoms with Crippen molar-refractivity contribution in [2.45, 2.75) is 12.2 Å². The topological polar surface area (TPSA) is 66.8 Å². The summed E-state index contributed by atoms with van der Waals surface area (Å²) in [6.45, 7) is 0. The number of rotatable bonds is 1. The Balaban J connectivity index is 4.34. The van der Waals surface area contributed by atoms with Gasteiger partial charge in [0.2, 0.25) is 0 Å². The molecule has 0 heterocycles. The van der Waals surface area contributed by atoms with E-state index in [0.717, 1.165) is 0 Å². The maximum Gasteiger partial charge on any atom is 0.510 e. The Labute approximate surface area is 57.0 Å². The van der Waals surface area contributed by atoms with Gasteiger partial charge in [0.15, 0.2) is 0 Å². The summed E-state index contributed by atoms with van der Waals surface area (Å²) < 4.78 is 47.7. The van der Waals surface area contributed by atoms with Gasteiger partial charge in [0.25, 0.3) is 0 Å². The summed E-state index contributed by atoms with van der Waals surface area (Å²) in [6.07, 6.45) is -8.35. The zero-order valence-corrected chi connectivity index (χ0v) is 4.72. The number of aliphatic hydroxyl groups is 1. The van der Waals surface area contributed by atoms with Gasteiger partial charge < -0.3 is 14.9 Å². The first kappa shape index (κ1) is 9.95. The SMILES string of the molecule is O=C(O)OC(O)(F)C(F)(F)F. The molecule has 0 amide bonds. The van der Waals surface area contributed by atoms with E-state index in [0.29, 0.717) is 0 Å². The Morgan fingerprint density at radius 1 is 1.27 bits per heavy atom. The maximum absolute atomic E-state index is 11.7. The molecule has 8 heteroatoms. The molecular formula is C3H2F4O4. The molecule has 1 atom stereocenters. The monoisotopic (exact) mass is 178 g/mol. The molecule has 0 fully saturated rings. The molecule has 11 heavy (non-hydrogen) atoms. The zero-order valence-electron chi connectivity index (χ0n) is 4.72. The summed E-state index contributed by atoms with van der Waals surface area (Å²) in [4.78, 5) is 9.34. The highest BCUT2D eigenvalue weighted by molar-refractivity contribution is 5.57. The Morgan fingerprint density at radius 2 is 1.64 bits per heavy atom. The molecule has 0 aliphatic rings. The van der Waals surface area contributed by atoms with E-state index < -0.39 is 18.4 Å². The Hall–Kier alpha value is -1.05. The number of halogens is 4. The summed E-state index contributed by atoms with van der Waals surface area (Å²) in [5, 5.41) is 15.1. The zero-order chi connectivity index (χ0) is 9.28. The van der Waals surface area contributed by atoms with E-state index in [1.807, 2.05) is 0 Å². The Morgan fingerprint density at radius 3 is 1.73 bits per heavy atom. The summed E-state index contributed by atoms with van der Waals surface area (Å²) in [5.41, 5.74) is 0. The van der Waals surface area contributed by atoms with Gasteiger partial charge in [-0.1, -0.05) is 0 Å². The van der Waals surface area contributed by atoms with Crippen molar-refractivity contribution in [3.05, 3.63) is 0 Å². The molecule has 0 saturated carbocycles. The van der Waals surface area contributed by atoms with Crippen LogP contribution in [0.15, 0.2) is 0 Å². The van der Waals surface area contributed by atoms with Crippen molar-refractivity contribution < 1.29 is 37.3 Å². The van der Waals surface area contributed by atoms with Crippen molar-refractivity contribution in [3.63, 3.8) is 0 Å². The minimum Gasteiger partial charge on any atom is -0.450 e. The lowest BCUT2D eigenvalue weighted by Crippen LogP contribution is -2.44. The van der Waals surface area contributed by atoms with Gasteiger partial charge in [0, 0.05) is 0 Å². The second-order valence-electron chi connectivity index (χ2n) is 1.43. The molecule has 0 aliphatic heterocycles. The fourth-order valence-corrected chi connectivity index (χ4v) is 0.174. The van der Waals surface area contributed by atoms with Gasteiger partial charge in [-0.15, -0.1) is 0 Å². The Kier molecular flexibility index (Phi) is 2.29. The molecule has 0 aromatic heterocycles. The van der Waals surface area contributed by atoms with Crippen LogP contribution in [-0.4, -0.2) is 28.6 Å². The lowest BCUT2D eigenvalue weighted by molar-refractivity contribution is -0.407. The summed E-state index contributed by atoms with van der Waals surface area (Å²) in [7, 11) is 0. The summed E-state index contributed by atoms with van der Waals surface area (Å²) >= 11 is 0. The van der Waals surface area contributed by atoms with Crippen molar-refractivity contribution in [2.75, 3.05) is 0 Å². The minimum atomic E-state index is -5.79. The first-order valence-electron chi connectivity index (χ1n) is 2.07. The average Bonchev–Trinajstić information content (AvgIpc) is 1.56. The second-order valence-corrected chi connectivity index (χ2v) is 1.43. The van der Waals surface area contributed by atoms with E-state index >= 15 is 0 Å². The molecular weight excluding hydrogens is 176 g/mol. The van der Waals surface area contributed by atoms with Gasteiger partial charge >= 0.3 is 18.4 Å². The first-order chi connectivity index (χ1) is 4.67. The largest absolute Gasteiger partial charge is 0.510 e. The molecule has 0 spiro atoms. The number of carboxylic acid groups (broad SMARTS) is 1. The molecule has 66 valence electrons. The van der Waals surface area contributed by atoms with E-state index in [1.165, 1.54) is 0 Å². The predicted octanol–water partition coefficient (Wildman–Crippen LogP) is 0.859. The van der Waals surface area contributed by atoms with Crippen LogP contribution in [0.3, 0.4) is 0 Å². The van der Waals surface area contributed by atoms with Gasteiger partial charge in [0.1, 0.15) is 0 Å². The van der Waals surface area contributed by atoms with Gasteiger partial charge in [0.05, 0.1) is 0 Å². The minimum absolute atomic E-state index is 2.48. The first-order valence-corrected chi connectivity index (χ1v) is 2.07. The lowest BCUT2D eigenvalue weighted by Gasteiger charge is -2.18. The quantitative estimate of drug-likeness (QED) is 0.355. The highest BCUT2D eigenvalue weighted by Crippen LogP contribution is 2.32. The van der Waals surface area contributed by atoms with E-state index in [9.17, 15) is 22.4 Å². The predicted molar refractivity (Wildman–Crippen MR) is 21.2 cm³/mol.